The third-order valence-corrected chi connectivity index (χ3v) is 3.78. The van der Waals surface area contributed by atoms with Gasteiger partial charge in [0.1, 0.15) is 5.82 Å². The summed E-state index contributed by atoms with van der Waals surface area (Å²) < 4.78 is 56.9. The molecule has 0 aliphatic rings. The van der Waals surface area contributed by atoms with Crippen molar-refractivity contribution in [3.63, 3.8) is 0 Å². The number of hydrogen-bond donors (Lipinski definition) is 0. The lowest BCUT2D eigenvalue weighted by atomic mass is 10.1. The zero-order valence-corrected chi connectivity index (χ0v) is 16.3. The van der Waals surface area contributed by atoms with Gasteiger partial charge in [0.15, 0.2) is 22.1 Å². The Labute approximate surface area is 138 Å². The first-order valence-corrected chi connectivity index (χ1v) is 8.55. The molecule has 0 amide bonds. The van der Waals surface area contributed by atoms with Crippen molar-refractivity contribution in [3.8, 4) is 0 Å². The van der Waals surface area contributed by atoms with Gasteiger partial charge in [0.2, 0.25) is 0 Å². The summed E-state index contributed by atoms with van der Waals surface area (Å²) in [6.07, 6.45) is 0.832. The van der Waals surface area contributed by atoms with Crippen LogP contribution in [-0.2, 0) is 20.3 Å². The van der Waals surface area contributed by atoms with E-state index >= 15 is 0 Å². The van der Waals surface area contributed by atoms with Crippen molar-refractivity contribution in [2.75, 3.05) is 0 Å². The van der Waals surface area contributed by atoms with Gasteiger partial charge < -0.3 is 13.9 Å². The average Bonchev–Trinajstić information content (AvgIpc) is 2.42. The minimum absolute atomic E-state index is 0.109. The summed E-state index contributed by atoms with van der Waals surface area (Å²) in [5.74, 6) is -4.17. The second kappa shape index (κ2) is 8.82. The van der Waals surface area contributed by atoms with E-state index in [1.807, 2.05) is 27.7 Å². The maximum Gasteiger partial charge on any atom is 0.273 e. The molecule has 0 saturated carbocycles. The summed E-state index contributed by atoms with van der Waals surface area (Å²) in [6.45, 7) is 7.48. The van der Waals surface area contributed by atoms with Crippen LogP contribution in [0.2, 0.25) is 0 Å². The largest absolute Gasteiger partial charge is 0.380 e. The second-order valence-corrected chi connectivity index (χ2v) is 6.34. The fourth-order valence-corrected chi connectivity index (χ4v) is 2.71. The van der Waals surface area contributed by atoms with Gasteiger partial charge in [-0.3, -0.25) is 0 Å². The molecule has 0 atom stereocenters. The quantitative estimate of drug-likeness (QED) is 0.389. The third kappa shape index (κ3) is 6.25. The van der Waals surface area contributed by atoms with Crippen LogP contribution in [0.5, 0.6) is 0 Å². The topological polar surface area (TPSA) is 27.7 Å². The lowest BCUT2D eigenvalue weighted by molar-refractivity contribution is -0.369. The summed E-state index contributed by atoms with van der Waals surface area (Å²) in [4.78, 5) is 0. The summed E-state index contributed by atoms with van der Waals surface area (Å²) in [5, 5.41) is 0. The second-order valence-electron chi connectivity index (χ2n) is 5.93. The van der Waals surface area contributed by atoms with Gasteiger partial charge in [0.25, 0.3) is 5.97 Å². The molecule has 3 nitrogen and oxygen atoms in total. The molecule has 0 radical (unpaired) electrons. The van der Waals surface area contributed by atoms with Crippen molar-refractivity contribution >= 4 is 10.5 Å². The highest BCUT2D eigenvalue weighted by Crippen LogP contribution is 2.26. The Kier molecular flexibility index (Phi) is 7.73. The van der Waals surface area contributed by atoms with Gasteiger partial charge in [-0.15, -0.1) is 0 Å². The van der Waals surface area contributed by atoms with Crippen LogP contribution in [0.15, 0.2) is 12.1 Å². The normalized spacial score (nSPS) is 12.6. The van der Waals surface area contributed by atoms with E-state index in [-0.39, 0.29) is 24.2 Å². The molecule has 0 spiro atoms. The molecule has 0 heterocycles. The molecule has 0 aliphatic heterocycles. The van der Waals surface area contributed by atoms with Crippen molar-refractivity contribution in [1.29, 1.82) is 0 Å². The number of ether oxygens (including phenoxy) is 2. The van der Waals surface area contributed by atoms with E-state index in [9.17, 15) is 13.2 Å². The minimum Gasteiger partial charge on any atom is -0.380 e. The highest BCUT2D eigenvalue weighted by molar-refractivity contribution is 5.98. The summed E-state index contributed by atoms with van der Waals surface area (Å²) in [7, 11) is 0.406. The SMILES string of the molecule is CC(C)OC(CCCc1cc(F)c(F)cc1F)(O[SiH3])OC(C)C. The molecule has 132 valence electrons. The summed E-state index contributed by atoms with van der Waals surface area (Å²) >= 11 is 0. The number of benzene rings is 1. The fraction of sp³-hybridized carbons (Fsp3) is 0.625. The Morgan fingerprint density at radius 3 is 1.96 bits per heavy atom. The van der Waals surface area contributed by atoms with E-state index in [1.54, 1.807) is 0 Å². The van der Waals surface area contributed by atoms with Crippen LogP contribution in [0, 0.1) is 17.5 Å². The third-order valence-electron chi connectivity index (χ3n) is 3.16. The number of aryl methyl sites for hydroxylation is 1. The van der Waals surface area contributed by atoms with E-state index in [4.69, 9.17) is 13.9 Å². The number of hydrogen-bond acceptors (Lipinski definition) is 3. The maximum absolute atomic E-state index is 13.7. The lowest BCUT2D eigenvalue weighted by Crippen LogP contribution is -2.42. The van der Waals surface area contributed by atoms with E-state index in [0.29, 0.717) is 29.4 Å². The zero-order chi connectivity index (χ0) is 17.6. The van der Waals surface area contributed by atoms with Gasteiger partial charge in [0.05, 0.1) is 12.2 Å². The first-order chi connectivity index (χ1) is 10.7. The van der Waals surface area contributed by atoms with E-state index in [1.165, 1.54) is 0 Å². The van der Waals surface area contributed by atoms with Crippen molar-refractivity contribution in [3.05, 3.63) is 35.1 Å². The molecule has 0 N–H and O–H groups in total. The predicted octanol–water partition coefficient (Wildman–Crippen LogP) is 3.23. The molecule has 7 heteroatoms. The minimum atomic E-state index is -1.19. The molecule has 0 saturated heterocycles. The Balaban J connectivity index is 2.76. The summed E-state index contributed by atoms with van der Waals surface area (Å²) in [6, 6.07) is 1.46. The Hall–Kier alpha value is -0.893. The fourth-order valence-electron chi connectivity index (χ4n) is 2.31. The van der Waals surface area contributed by atoms with Crippen LogP contribution in [0.25, 0.3) is 0 Å². The molecule has 0 bridgehead atoms. The van der Waals surface area contributed by atoms with Gasteiger partial charge in [-0.05, 0) is 52.2 Å². The maximum atomic E-state index is 13.7. The molecule has 0 aromatic heterocycles. The lowest BCUT2D eigenvalue weighted by Gasteiger charge is -2.36. The molecule has 0 aliphatic carbocycles. The van der Waals surface area contributed by atoms with E-state index < -0.39 is 23.4 Å². The van der Waals surface area contributed by atoms with Gasteiger partial charge in [-0.2, -0.15) is 0 Å². The van der Waals surface area contributed by atoms with Crippen molar-refractivity contribution < 1.29 is 27.1 Å². The Morgan fingerprint density at radius 1 is 0.957 bits per heavy atom. The Morgan fingerprint density at radius 2 is 1.48 bits per heavy atom. The van der Waals surface area contributed by atoms with Crippen LogP contribution in [-0.4, -0.2) is 28.7 Å². The van der Waals surface area contributed by atoms with Gasteiger partial charge >= 0.3 is 0 Å². The van der Waals surface area contributed by atoms with Crippen LogP contribution >= 0.6 is 0 Å². The average molecular weight is 350 g/mol. The van der Waals surface area contributed by atoms with Crippen molar-refractivity contribution in [2.45, 2.75) is 65.1 Å². The number of rotatable bonds is 9. The highest BCUT2D eigenvalue weighted by atomic mass is 28.2. The van der Waals surface area contributed by atoms with E-state index in [0.717, 1.165) is 6.07 Å². The molecule has 23 heavy (non-hydrogen) atoms. The number of halogens is 3. The first-order valence-electron chi connectivity index (χ1n) is 7.73. The van der Waals surface area contributed by atoms with Crippen molar-refractivity contribution in [1.82, 2.24) is 0 Å². The van der Waals surface area contributed by atoms with Crippen LogP contribution in [0.3, 0.4) is 0 Å². The molecular weight excluding hydrogens is 325 g/mol. The molecular formula is C16H25F3O3Si. The smallest absolute Gasteiger partial charge is 0.273 e. The molecule has 1 rings (SSSR count). The van der Waals surface area contributed by atoms with Gasteiger partial charge in [-0.25, -0.2) is 13.2 Å². The highest BCUT2D eigenvalue weighted by Gasteiger charge is 2.33. The van der Waals surface area contributed by atoms with Crippen LogP contribution < -0.4 is 0 Å². The standard InChI is InChI=1S/C16H25F3O3Si/c1-10(2)20-16(22-23,21-11(3)4)7-5-6-12-8-14(18)15(19)9-13(12)17/h8-11H,5-7H2,1-4,23H3. The van der Waals surface area contributed by atoms with Crippen LogP contribution in [0.1, 0.15) is 46.1 Å². The van der Waals surface area contributed by atoms with Crippen molar-refractivity contribution in [2.24, 2.45) is 0 Å². The van der Waals surface area contributed by atoms with Gasteiger partial charge in [0, 0.05) is 12.5 Å². The monoisotopic (exact) mass is 350 g/mol. The molecule has 1 aromatic rings. The van der Waals surface area contributed by atoms with E-state index in [2.05, 4.69) is 0 Å². The predicted molar refractivity (Wildman–Crippen MR) is 85.5 cm³/mol. The molecule has 1 aromatic carbocycles. The molecule has 0 unspecified atom stereocenters. The first kappa shape index (κ1) is 20.2. The molecule has 0 fully saturated rings. The summed E-state index contributed by atoms with van der Waals surface area (Å²) in [5.41, 5.74) is 0.125. The zero-order valence-electron chi connectivity index (χ0n) is 14.3. The Bertz CT molecular complexity index is 500. The van der Waals surface area contributed by atoms with Crippen LogP contribution in [0.4, 0.5) is 13.2 Å². The van der Waals surface area contributed by atoms with Gasteiger partial charge in [-0.1, -0.05) is 0 Å².